The van der Waals surface area contributed by atoms with Gasteiger partial charge < -0.3 is 24.5 Å². The van der Waals surface area contributed by atoms with Gasteiger partial charge in [0.1, 0.15) is 4.99 Å². The molecule has 1 heterocycles. The van der Waals surface area contributed by atoms with Crippen LogP contribution >= 0.6 is 12.2 Å². The zero-order valence-electron chi connectivity index (χ0n) is 12.8. The van der Waals surface area contributed by atoms with Gasteiger partial charge in [0, 0.05) is 19.3 Å². The van der Waals surface area contributed by atoms with Crippen molar-refractivity contribution in [3.63, 3.8) is 0 Å². The molecule has 1 aromatic heterocycles. The van der Waals surface area contributed by atoms with Gasteiger partial charge in [-0.1, -0.05) is 25.6 Å². The summed E-state index contributed by atoms with van der Waals surface area (Å²) in [5.74, 6) is 0. The molecule has 2 N–H and O–H groups in total. The highest BCUT2D eigenvalue weighted by atomic mass is 32.1. The molecule has 0 spiro atoms. The summed E-state index contributed by atoms with van der Waals surface area (Å²) >= 11 is 4.97. The lowest BCUT2D eigenvalue weighted by Crippen LogP contribution is -2.18. The number of unbranched alkanes of at least 4 members (excludes halogenated alkanes) is 1. The first-order chi connectivity index (χ1) is 10.3. The third-order valence-corrected chi connectivity index (χ3v) is 3.15. The van der Waals surface area contributed by atoms with Gasteiger partial charge in [-0.2, -0.15) is 0 Å². The van der Waals surface area contributed by atoms with Crippen LogP contribution < -0.4 is 5.73 Å². The molecule has 0 fully saturated rings. The molecule has 1 rings (SSSR count). The summed E-state index contributed by atoms with van der Waals surface area (Å²) in [5, 5.41) is 0. The summed E-state index contributed by atoms with van der Waals surface area (Å²) < 4.78 is 18.3. The van der Waals surface area contributed by atoms with E-state index in [1.165, 1.54) is 0 Å². The summed E-state index contributed by atoms with van der Waals surface area (Å²) in [5.41, 5.74) is 6.50. The second-order valence-electron chi connectivity index (χ2n) is 4.64. The van der Waals surface area contributed by atoms with Gasteiger partial charge in [-0.15, -0.1) is 0 Å². The standard InChI is InChI=1S/C15H26N2O3S/c1-2-3-8-18-10-12-20-13-11-19-9-7-17-6-4-5-14(17)15(16)21/h4-6H,2-3,7-13H2,1H3,(H2,16,21). The quantitative estimate of drug-likeness (QED) is 0.445. The summed E-state index contributed by atoms with van der Waals surface area (Å²) in [6.45, 7) is 6.76. The first-order valence-corrected chi connectivity index (χ1v) is 7.84. The van der Waals surface area contributed by atoms with Crippen molar-refractivity contribution in [2.24, 2.45) is 5.73 Å². The molecule has 0 unspecified atom stereocenters. The number of nitrogens with zero attached hydrogens (tertiary/aromatic N) is 1. The average Bonchev–Trinajstić information content (AvgIpc) is 2.93. The molecule has 21 heavy (non-hydrogen) atoms. The monoisotopic (exact) mass is 314 g/mol. The van der Waals surface area contributed by atoms with Crippen LogP contribution in [0.1, 0.15) is 25.5 Å². The van der Waals surface area contributed by atoms with E-state index in [0.29, 0.717) is 38.0 Å². The molecule has 0 atom stereocenters. The van der Waals surface area contributed by atoms with Crippen LogP contribution in [0.4, 0.5) is 0 Å². The van der Waals surface area contributed by atoms with Gasteiger partial charge in [0.15, 0.2) is 0 Å². The van der Waals surface area contributed by atoms with Gasteiger partial charge in [0.25, 0.3) is 0 Å². The third kappa shape index (κ3) is 8.16. The summed E-state index contributed by atoms with van der Waals surface area (Å²) in [4.78, 5) is 0.409. The third-order valence-electron chi connectivity index (χ3n) is 2.94. The molecule has 1 aromatic rings. The van der Waals surface area contributed by atoms with Crippen molar-refractivity contribution >= 4 is 17.2 Å². The van der Waals surface area contributed by atoms with Crippen molar-refractivity contribution in [1.29, 1.82) is 0 Å². The fourth-order valence-corrected chi connectivity index (χ4v) is 1.97. The van der Waals surface area contributed by atoms with Crippen LogP contribution in [0.25, 0.3) is 0 Å². The molecule has 0 bridgehead atoms. The molecule has 0 aliphatic heterocycles. The Labute approximate surface area is 132 Å². The van der Waals surface area contributed by atoms with Crippen molar-refractivity contribution < 1.29 is 14.2 Å². The molecule has 5 nitrogen and oxygen atoms in total. The highest BCUT2D eigenvalue weighted by molar-refractivity contribution is 7.80. The minimum absolute atomic E-state index is 0.409. The largest absolute Gasteiger partial charge is 0.388 e. The first kappa shape index (κ1) is 18.1. The molecule has 0 amide bonds. The Morgan fingerprint density at radius 1 is 1.10 bits per heavy atom. The number of hydrogen-bond donors (Lipinski definition) is 1. The van der Waals surface area contributed by atoms with Crippen molar-refractivity contribution in [3.8, 4) is 0 Å². The van der Waals surface area contributed by atoms with E-state index in [0.717, 1.165) is 31.7 Å². The molecule has 0 aliphatic carbocycles. The second kappa shape index (κ2) is 11.7. The Kier molecular flexibility index (Phi) is 10.1. The maximum atomic E-state index is 5.63. The Balaban J connectivity index is 1.93. The van der Waals surface area contributed by atoms with E-state index in [1.54, 1.807) is 0 Å². The predicted octanol–water partition coefficient (Wildman–Crippen LogP) is 1.97. The average molecular weight is 314 g/mol. The Morgan fingerprint density at radius 3 is 2.33 bits per heavy atom. The fraction of sp³-hybridized carbons (Fsp3) is 0.667. The van der Waals surface area contributed by atoms with Crippen molar-refractivity contribution in [2.75, 3.05) is 39.6 Å². The molecule has 0 radical (unpaired) electrons. The molecule has 120 valence electrons. The number of aromatic nitrogens is 1. The summed E-state index contributed by atoms with van der Waals surface area (Å²) in [6.07, 6.45) is 4.21. The van der Waals surface area contributed by atoms with Crippen LogP contribution in [0.15, 0.2) is 18.3 Å². The van der Waals surface area contributed by atoms with Crippen LogP contribution in [-0.4, -0.2) is 49.2 Å². The van der Waals surface area contributed by atoms with Gasteiger partial charge >= 0.3 is 0 Å². The predicted molar refractivity (Wildman–Crippen MR) is 87.7 cm³/mol. The van der Waals surface area contributed by atoms with E-state index in [1.807, 2.05) is 22.9 Å². The van der Waals surface area contributed by atoms with Gasteiger partial charge in [-0.05, 0) is 18.6 Å². The summed E-state index contributed by atoms with van der Waals surface area (Å²) in [7, 11) is 0. The van der Waals surface area contributed by atoms with E-state index in [9.17, 15) is 0 Å². The van der Waals surface area contributed by atoms with E-state index < -0.39 is 0 Å². The van der Waals surface area contributed by atoms with Gasteiger partial charge in [0.05, 0.1) is 38.7 Å². The topological polar surface area (TPSA) is 58.6 Å². The van der Waals surface area contributed by atoms with Crippen LogP contribution in [-0.2, 0) is 20.8 Å². The fourth-order valence-electron chi connectivity index (χ4n) is 1.78. The van der Waals surface area contributed by atoms with E-state index in [4.69, 9.17) is 32.2 Å². The molecule has 0 saturated heterocycles. The molecule has 0 saturated carbocycles. The van der Waals surface area contributed by atoms with Crippen molar-refractivity contribution in [3.05, 3.63) is 24.0 Å². The lowest BCUT2D eigenvalue weighted by atomic mass is 10.4. The van der Waals surface area contributed by atoms with Crippen LogP contribution in [0.2, 0.25) is 0 Å². The normalized spacial score (nSPS) is 10.9. The highest BCUT2D eigenvalue weighted by Gasteiger charge is 2.02. The number of thiocarbonyl (C=S) groups is 1. The van der Waals surface area contributed by atoms with Crippen molar-refractivity contribution in [2.45, 2.75) is 26.3 Å². The Morgan fingerprint density at radius 2 is 1.71 bits per heavy atom. The van der Waals surface area contributed by atoms with Gasteiger partial charge in [-0.3, -0.25) is 0 Å². The SMILES string of the molecule is CCCCOCCOCCOCCn1cccc1C(N)=S. The Hall–Kier alpha value is -0.950. The van der Waals surface area contributed by atoms with Crippen LogP contribution in [0.3, 0.4) is 0 Å². The van der Waals surface area contributed by atoms with Crippen molar-refractivity contribution in [1.82, 2.24) is 4.57 Å². The minimum Gasteiger partial charge on any atom is -0.388 e. The maximum Gasteiger partial charge on any atom is 0.120 e. The van der Waals surface area contributed by atoms with Crippen LogP contribution in [0, 0.1) is 0 Å². The highest BCUT2D eigenvalue weighted by Crippen LogP contribution is 2.01. The second-order valence-corrected chi connectivity index (χ2v) is 5.08. The number of rotatable bonds is 13. The lowest BCUT2D eigenvalue weighted by molar-refractivity contribution is 0.0127. The van der Waals surface area contributed by atoms with Crippen LogP contribution in [0.5, 0.6) is 0 Å². The van der Waals surface area contributed by atoms with Gasteiger partial charge in [0.2, 0.25) is 0 Å². The summed E-state index contributed by atoms with van der Waals surface area (Å²) in [6, 6.07) is 3.83. The van der Waals surface area contributed by atoms with E-state index in [-0.39, 0.29) is 0 Å². The molecule has 0 aromatic carbocycles. The van der Waals surface area contributed by atoms with E-state index in [2.05, 4.69) is 6.92 Å². The number of hydrogen-bond acceptors (Lipinski definition) is 4. The van der Waals surface area contributed by atoms with Gasteiger partial charge in [-0.25, -0.2) is 0 Å². The minimum atomic E-state index is 0.409. The zero-order chi connectivity index (χ0) is 15.3. The van der Waals surface area contributed by atoms with E-state index >= 15 is 0 Å². The first-order valence-electron chi connectivity index (χ1n) is 7.44. The lowest BCUT2D eigenvalue weighted by Gasteiger charge is -2.09. The zero-order valence-corrected chi connectivity index (χ0v) is 13.6. The molecule has 0 aliphatic rings. The number of nitrogens with two attached hydrogens (primary N) is 1. The molecular formula is C15H26N2O3S. The smallest absolute Gasteiger partial charge is 0.120 e. The molecular weight excluding hydrogens is 288 g/mol. The number of ether oxygens (including phenoxy) is 3. The molecule has 6 heteroatoms. The Bertz CT molecular complexity index is 396. The maximum absolute atomic E-state index is 5.63.